The average Bonchev–Trinajstić information content (AvgIpc) is 3.18. The van der Waals surface area contributed by atoms with Crippen LogP contribution in [-0.2, 0) is 28.8 Å². The lowest BCUT2D eigenvalue weighted by Gasteiger charge is -2.30. The molecule has 0 radical (unpaired) electrons. The van der Waals surface area contributed by atoms with Gasteiger partial charge in [-0.3, -0.25) is 9.78 Å². The number of ether oxygens (including phenoxy) is 1. The van der Waals surface area contributed by atoms with Crippen molar-refractivity contribution in [2.45, 2.75) is 44.6 Å². The largest absolute Gasteiger partial charge is 0.449 e. The lowest BCUT2D eigenvalue weighted by atomic mass is 9.87. The van der Waals surface area contributed by atoms with Crippen molar-refractivity contribution in [2.75, 3.05) is 19.7 Å². The van der Waals surface area contributed by atoms with Crippen LogP contribution < -0.4 is 0 Å². The molecule has 1 saturated heterocycles. The molecule has 1 N–H and O–H groups in total. The molecule has 0 saturated carbocycles. The van der Waals surface area contributed by atoms with E-state index in [9.17, 15) is 20.0 Å². The number of allylic oxidation sites excluding steroid dienone is 1. The van der Waals surface area contributed by atoms with Crippen LogP contribution in [0.5, 0.6) is 0 Å². The first-order valence-corrected chi connectivity index (χ1v) is 12.1. The minimum atomic E-state index is -0.328. The van der Waals surface area contributed by atoms with Crippen molar-refractivity contribution in [3.63, 3.8) is 0 Å². The second-order valence-electron chi connectivity index (χ2n) is 8.58. The summed E-state index contributed by atoms with van der Waals surface area (Å²) < 4.78 is 5.55. The quantitative estimate of drug-likeness (QED) is 0.655. The number of nitrogens with zero attached hydrogens (tertiary/aromatic N) is 3. The van der Waals surface area contributed by atoms with Gasteiger partial charge in [0.25, 0.3) is 0 Å². The van der Waals surface area contributed by atoms with Gasteiger partial charge < -0.3 is 14.7 Å². The number of pyridine rings is 1. The van der Waals surface area contributed by atoms with E-state index in [-0.39, 0.29) is 30.3 Å². The summed E-state index contributed by atoms with van der Waals surface area (Å²) in [5.41, 5.74) is 2.55. The van der Waals surface area contributed by atoms with Crippen LogP contribution in [-0.4, -0.2) is 52.7 Å². The van der Waals surface area contributed by atoms with Gasteiger partial charge in [-0.15, -0.1) is 11.3 Å². The van der Waals surface area contributed by atoms with Gasteiger partial charge in [-0.2, -0.15) is 5.26 Å². The van der Waals surface area contributed by atoms with Gasteiger partial charge in [0, 0.05) is 41.7 Å². The van der Waals surface area contributed by atoms with Gasteiger partial charge in [0.05, 0.1) is 18.3 Å². The summed E-state index contributed by atoms with van der Waals surface area (Å²) in [6.45, 7) is 1.40. The molecule has 1 atom stereocenters. The number of aliphatic hydroxyl groups excluding tert-OH is 1. The van der Waals surface area contributed by atoms with Gasteiger partial charge in [-0.05, 0) is 67.4 Å². The Morgan fingerprint density at radius 1 is 1.33 bits per heavy atom. The lowest BCUT2D eigenvalue weighted by Crippen LogP contribution is -2.41. The SMILES string of the molecule is N#Cc1c(CC(=O)/C=C/c2cccnc2)sc2c1CCC(COC(=O)N1CCC(O)CC1)C2. The van der Waals surface area contributed by atoms with E-state index in [1.165, 1.54) is 11.3 Å². The van der Waals surface area contributed by atoms with Gasteiger partial charge in [0.2, 0.25) is 0 Å². The highest BCUT2D eigenvalue weighted by atomic mass is 32.1. The first-order chi connectivity index (χ1) is 16.0. The maximum Gasteiger partial charge on any atom is 0.409 e. The molecule has 4 rings (SSSR count). The van der Waals surface area contributed by atoms with Crippen molar-refractivity contribution >= 4 is 29.3 Å². The molecule has 2 aromatic heterocycles. The average molecular weight is 466 g/mol. The summed E-state index contributed by atoms with van der Waals surface area (Å²) in [5.74, 6) is 0.155. The molecule has 33 heavy (non-hydrogen) atoms. The number of carbonyl (C=O) groups is 2. The van der Waals surface area contributed by atoms with Crippen molar-refractivity contribution in [3.05, 3.63) is 57.0 Å². The summed E-state index contributed by atoms with van der Waals surface area (Å²) >= 11 is 1.53. The van der Waals surface area contributed by atoms with Crippen molar-refractivity contribution in [2.24, 2.45) is 5.92 Å². The Kier molecular flexibility index (Phi) is 7.53. The van der Waals surface area contributed by atoms with E-state index in [1.807, 2.05) is 12.1 Å². The zero-order valence-electron chi connectivity index (χ0n) is 18.4. The number of aromatic nitrogens is 1. The number of likely N-dealkylation sites (tertiary alicyclic amines) is 1. The molecular weight excluding hydrogens is 438 g/mol. The topological polar surface area (TPSA) is 104 Å². The summed E-state index contributed by atoms with van der Waals surface area (Å²) in [5, 5.41) is 19.3. The second-order valence-corrected chi connectivity index (χ2v) is 9.77. The first-order valence-electron chi connectivity index (χ1n) is 11.3. The Hall–Kier alpha value is -3.02. The highest BCUT2D eigenvalue weighted by molar-refractivity contribution is 7.12. The van der Waals surface area contributed by atoms with Crippen LogP contribution in [0, 0.1) is 17.2 Å². The normalized spacial score (nSPS) is 18.7. The molecular formula is C25H27N3O4S. The van der Waals surface area contributed by atoms with E-state index < -0.39 is 0 Å². The van der Waals surface area contributed by atoms with Crippen molar-refractivity contribution in [3.8, 4) is 6.07 Å². The van der Waals surface area contributed by atoms with E-state index in [0.29, 0.717) is 38.1 Å². The lowest BCUT2D eigenvalue weighted by molar-refractivity contribution is -0.113. The second kappa shape index (κ2) is 10.7. The number of hydrogen-bond acceptors (Lipinski definition) is 7. The van der Waals surface area contributed by atoms with Crippen LogP contribution in [0.4, 0.5) is 4.79 Å². The molecule has 3 heterocycles. The third-order valence-electron chi connectivity index (χ3n) is 6.20. The molecule has 172 valence electrons. The summed E-state index contributed by atoms with van der Waals surface area (Å²) in [6, 6.07) is 6.00. The number of nitriles is 1. The van der Waals surface area contributed by atoms with Crippen LogP contribution >= 0.6 is 11.3 Å². The number of amides is 1. The molecule has 7 nitrogen and oxygen atoms in total. The van der Waals surface area contributed by atoms with Crippen LogP contribution in [0.25, 0.3) is 6.08 Å². The molecule has 0 bridgehead atoms. The molecule has 1 aliphatic carbocycles. The van der Waals surface area contributed by atoms with Gasteiger partial charge in [-0.25, -0.2) is 4.79 Å². The van der Waals surface area contributed by atoms with Crippen molar-refractivity contribution in [1.29, 1.82) is 5.26 Å². The molecule has 2 aliphatic rings. The van der Waals surface area contributed by atoms with Crippen molar-refractivity contribution in [1.82, 2.24) is 9.88 Å². The number of fused-ring (bicyclic) bond motifs is 1. The maximum absolute atomic E-state index is 12.5. The summed E-state index contributed by atoms with van der Waals surface area (Å²) in [4.78, 5) is 32.4. The number of rotatable bonds is 6. The van der Waals surface area contributed by atoms with Gasteiger partial charge in [-0.1, -0.05) is 6.07 Å². The number of hydrogen-bond donors (Lipinski definition) is 1. The Balaban J connectivity index is 1.34. The maximum atomic E-state index is 12.5. The molecule has 0 spiro atoms. The molecule has 1 amide bonds. The fourth-order valence-electron chi connectivity index (χ4n) is 4.32. The Bertz CT molecular complexity index is 1070. The van der Waals surface area contributed by atoms with E-state index >= 15 is 0 Å². The number of thiophene rings is 1. The number of ketones is 1. The van der Waals surface area contributed by atoms with Crippen LogP contribution in [0.3, 0.4) is 0 Å². The predicted octanol–water partition coefficient (Wildman–Crippen LogP) is 3.54. The van der Waals surface area contributed by atoms with E-state index in [0.717, 1.165) is 40.1 Å². The van der Waals surface area contributed by atoms with Gasteiger partial charge >= 0.3 is 6.09 Å². The highest BCUT2D eigenvalue weighted by Crippen LogP contribution is 2.36. The third-order valence-corrected chi connectivity index (χ3v) is 7.45. The van der Waals surface area contributed by atoms with Gasteiger partial charge in [0.1, 0.15) is 6.07 Å². The number of aliphatic hydroxyl groups is 1. The molecule has 0 aromatic carbocycles. The van der Waals surface area contributed by atoms with Crippen LogP contribution in [0.15, 0.2) is 30.6 Å². The van der Waals surface area contributed by atoms with Crippen LogP contribution in [0.2, 0.25) is 0 Å². The Morgan fingerprint density at radius 3 is 2.88 bits per heavy atom. The fourth-order valence-corrected chi connectivity index (χ4v) is 5.75. The molecule has 1 fully saturated rings. The highest BCUT2D eigenvalue weighted by Gasteiger charge is 2.28. The zero-order chi connectivity index (χ0) is 23.2. The fraction of sp³-hybridized carbons (Fsp3) is 0.440. The smallest absolute Gasteiger partial charge is 0.409 e. The summed E-state index contributed by atoms with van der Waals surface area (Å²) in [7, 11) is 0. The van der Waals surface area contributed by atoms with Crippen molar-refractivity contribution < 1.29 is 19.4 Å². The number of carbonyl (C=O) groups excluding carboxylic acids is 2. The van der Waals surface area contributed by atoms with Crippen LogP contribution in [0.1, 0.15) is 45.7 Å². The summed E-state index contributed by atoms with van der Waals surface area (Å²) in [6.07, 6.45) is 9.75. The minimum Gasteiger partial charge on any atom is -0.449 e. The zero-order valence-corrected chi connectivity index (χ0v) is 19.2. The monoisotopic (exact) mass is 465 g/mol. The molecule has 8 heteroatoms. The van der Waals surface area contributed by atoms with Gasteiger partial charge in [0.15, 0.2) is 5.78 Å². The van der Waals surface area contributed by atoms with E-state index in [4.69, 9.17) is 4.74 Å². The third kappa shape index (κ3) is 5.86. The Labute approximate surface area is 197 Å². The molecule has 1 aliphatic heterocycles. The molecule has 2 aromatic rings. The standard InChI is InChI=1S/C25H27N3O4S/c26-14-22-21-6-4-18(16-32-25(31)28-10-7-19(29)8-11-28)12-23(21)33-24(22)13-20(30)5-3-17-2-1-9-27-15-17/h1-3,5,9,15,18-19,29H,4,6-8,10-13,16H2/b5-3+. The predicted molar refractivity (Wildman–Crippen MR) is 125 cm³/mol. The Morgan fingerprint density at radius 2 is 2.15 bits per heavy atom. The first kappa shape index (κ1) is 23.1. The molecule has 1 unspecified atom stereocenters. The van der Waals surface area contributed by atoms with E-state index in [2.05, 4.69) is 11.1 Å². The number of piperidine rings is 1. The van der Waals surface area contributed by atoms with E-state index in [1.54, 1.807) is 29.4 Å². The minimum absolute atomic E-state index is 0.0499.